The van der Waals surface area contributed by atoms with Gasteiger partial charge >= 0.3 is 5.97 Å². The highest BCUT2D eigenvalue weighted by Crippen LogP contribution is 2.56. The second-order valence-electron chi connectivity index (χ2n) is 9.85. The van der Waals surface area contributed by atoms with Crippen molar-refractivity contribution in [3.8, 4) is 39.9 Å². The van der Waals surface area contributed by atoms with E-state index >= 15 is 0 Å². The summed E-state index contributed by atoms with van der Waals surface area (Å²) in [5.74, 6) is -5.88. The van der Waals surface area contributed by atoms with Gasteiger partial charge in [0.1, 0.15) is 34.8 Å². The van der Waals surface area contributed by atoms with Crippen LogP contribution in [0.4, 0.5) is 0 Å². The zero-order valence-electron chi connectivity index (χ0n) is 22.3. The Morgan fingerprint density at radius 2 is 1.61 bits per heavy atom. The molecule has 12 nitrogen and oxygen atoms in total. The van der Waals surface area contributed by atoms with Crippen LogP contribution in [0, 0.1) is 6.92 Å². The maximum Gasteiger partial charge on any atom is 0.325 e. The lowest BCUT2D eigenvalue weighted by Gasteiger charge is -2.32. The van der Waals surface area contributed by atoms with Gasteiger partial charge in [-0.25, -0.2) is 0 Å². The van der Waals surface area contributed by atoms with Gasteiger partial charge in [-0.15, -0.1) is 0 Å². The Kier molecular flexibility index (Phi) is 6.38. The number of nitrogens with one attached hydrogen (secondary N) is 1. The fourth-order valence-electron chi connectivity index (χ4n) is 5.56. The Hall–Kier alpha value is -5.10. The lowest BCUT2D eigenvalue weighted by atomic mass is 9.74. The molecule has 0 heterocycles. The summed E-state index contributed by atoms with van der Waals surface area (Å²) in [5.41, 5.74) is -1.57. The van der Waals surface area contributed by atoms with Crippen LogP contribution < -0.4 is 14.8 Å². The number of carboxylic acid groups (broad SMARTS) is 1. The average Bonchev–Trinajstić information content (AvgIpc) is 2.91. The minimum Gasteiger partial charge on any atom is -0.507 e. The molecule has 6 N–H and O–H groups in total. The summed E-state index contributed by atoms with van der Waals surface area (Å²) in [6.45, 7) is 2.72. The monoisotopic (exact) mass is 563 g/mol. The molecule has 0 fully saturated rings. The Morgan fingerprint density at radius 3 is 2.22 bits per heavy atom. The molecule has 2 aliphatic carbocycles. The fraction of sp³-hybridized carbons (Fsp3) is 0.241. The van der Waals surface area contributed by atoms with Crippen LogP contribution >= 0.6 is 0 Å². The van der Waals surface area contributed by atoms with E-state index in [1.807, 2.05) is 0 Å². The summed E-state index contributed by atoms with van der Waals surface area (Å²) in [7, 11) is 2.52. The van der Waals surface area contributed by atoms with Gasteiger partial charge in [-0.05, 0) is 31.0 Å². The number of aliphatic carboxylic acids is 1. The number of amides is 1. The summed E-state index contributed by atoms with van der Waals surface area (Å²) >= 11 is 0. The number of carboxylic acids is 1. The number of methoxy groups -OCH3 is 2. The van der Waals surface area contributed by atoms with Gasteiger partial charge in [-0.1, -0.05) is 6.07 Å². The van der Waals surface area contributed by atoms with Crippen molar-refractivity contribution in [1.29, 1.82) is 0 Å². The number of ether oxygens (including phenoxy) is 2. The average molecular weight is 564 g/mol. The molecular formula is C29H25NO11. The normalized spacial score (nSPS) is 15.7. The van der Waals surface area contributed by atoms with E-state index in [9.17, 15) is 44.7 Å². The molecule has 0 aromatic heterocycles. The van der Waals surface area contributed by atoms with Crippen molar-refractivity contribution in [1.82, 2.24) is 5.32 Å². The van der Waals surface area contributed by atoms with Gasteiger partial charge in [0.2, 0.25) is 5.78 Å². The molecule has 0 saturated heterocycles. The molecular weight excluding hydrogens is 538 g/mol. The number of aromatic hydroxyl groups is 3. The third kappa shape index (κ3) is 3.86. The number of hydrogen-bond acceptors (Lipinski definition) is 10. The number of phenols is 3. The minimum atomic E-state index is -1.31. The van der Waals surface area contributed by atoms with Crippen LogP contribution in [0.5, 0.6) is 28.7 Å². The first-order chi connectivity index (χ1) is 19.3. The number of ketones is 2. The molecule has 2 aliphatic rings. The molecule has 0 saturated carbocycles. The first-order valence-corrected chi connectivity index (χ1v) is 12.4. The van der Waals surface area contributed by atoms with E-state index in [0.29, 0.717) is 0 Å². The van der Waals surface area contributed by atoms with Gasteiger partial charge in [0.05, 0.1) is 42.6 Å². The first-order valence-electron chi connectivity index (χ1n) is 12.4. The van der Waals surface area contributed by atoms with E-state index in [2.05, 4.69) is 5.32 Å². The summed E-state index contributed by atoms with van der Waals surface area (Å²) in [6, 6.07) is 2.53. The van der Waals surface area contributed by atoms with Crippen molar-refractivity contribution in [3.05, 3.63) is 62.7 Å². The number of carbonyl (C=O) groups excluding carboxylic acids is 3. The van der Waals surface area contributed by atoms with Crippen molar-refractivity contribution < 1.29 is 54.2 Å². The van der Waals surface area contributed by atoms with Crippen LogP contribution in [0.3, 0.4) is 0 Å². The van der Waals surface area contributed by atoms with Crippen LogP contribution in [0.15, 0.2) is 18.2 Å². The second-order valence-corrected chi connectivity index (χ2v) is 9.85. The van der Waals surface area contributed by atoms with Gasteiger partial charge in [0.15, 0.2) is 5.78 Å². The number of hydrogen-bond donors (Lipinski definition) is 6. The maximum atomic E-state index is 13.8. The molecule has 0 aliphatic heterocycles. The molecule has 212 valence electrons. The molecule has 3 aromatic carbocycles. The van der Waals surface area contributed by atoms with E-state index < -0.39 is 58.4 Å². The van der Waals surface area contributed by atoms with Crippen molar-refractivity contribution in [2.24, 2.45) is 0 Å². The van der Waals surface area contributed by atoms with Crippen molar-refractivity contribution in [3.63, 3.8) is 0 Å². The zero-order valence-corrected chi connectivity index (χ0v) is 22.3. The Bertz CT molecular complexity index is 1720. The fourth-order valence-corrected chi connectivity index (χ4v) is 5.56. The topological polar surface area (TPSA) is 200 Å². The lowest BCUT2D eigenvalue weighted by Crippen LogP contribution is -2.38. The molecule has 41 heavy (non-hydrogen) atoms. The largest absolute Gasteiger partial charge is 0.507 e. The van der Waals surface area contributed by atoms with E-state index in [-0.39, 0.29) is 68.0 Å². The third-order valence-electron chi connectivity index (χ3n) is 7.46. The third-order valence-corrected chi connectivity index (χ3v) is 7.46. The molecule has 2 atom stereocenters. The summed E-state index contributed by atoms with van der Waals surface area (Å²) in [4.78, 5) is 51.8. The van der Waals surface area contributed by atoms with Crippen LogP contribution in [-0.2, 0) is 11.2 Å². The van der Waals surface area contributed by atoms with Crippen LogP contribution in [0.25, 0.3) is 11.1 Å². The Balaban J connectivity index is 1.83. The standard InChI is InChI=1S/C29H25NO11/c1-9-5-12-15(31)8-14-20(19(12)24(34)17(9)28(37)30-10(2)29(38)39)26(36)21-22(27(14)41-4)25(35)18-13(23(21)33)6-11(40-3)7-16(18)32/h5-7,10,15,31-32,34,36H,8H2,1-4H3,(H,30,37)(H,38,39)/t10-,15-/m1/s1. The molecule has 0 radical (unpaired) electrons. The summed E-state index contributed by atoms with van der Waals surface area (Å²) in [6.07, 6.45) is -1.49. The molecule has 5 rings (SSSR count). The number of benzene rings is 3. The molecule has 3 aromatic rings. The van der Waals surface area contributed by atoms with Crippen LogP contribution in [0.1, 0.15) is 71.9 Å². The highest BCUT2D eigenvalue weighted by atomic mass is 16.5. The predicted octanol–water partition coefficient (Wildman–Crippen LogP) is 2.36. The predicted molar refractivity (Wildman–Crippen MR) is 141 cm³/mol. The first kappa shape index (κ1) is 27.5. The van der Waals surface area contributed by atoms with Crippen molar-refractivity contribution in [2.75, 3.05) is 14.2 Å². The van der Waals surface area contributed by atoms with Gasteiger partial charge in [0, 0.05) is 34.7 Å². The Morgan fingerprint density at radius 1 is 0.927 bits per heavy atom. The number of fused-ring (bicyclic) bond motifs is 5. The van der Waals surface area contributed by atoms with E-state index in [4.69, 9.17) is 9.47 Å². The number of phenolic OH excluding ortho intramolecular Hbond substituents is 3. The minimum absolute atomic E-state index is 0.0748. The van der Waals surface area contributed by atoms with E-state index in [1.54, 1.807) is 0 Å². The number of rotatable bonds is 5. The highest BCUT2D eigenvalue weighted by Gasteiger charge is 2.43. The van der Waals surface area contributed by atoms with Gasteiger partial charge in [-0.3, -0.25) is 19.2 Å². The van der Waals surface area contributed by atoms with Gasteiger partial charge in [0.25, 0.3) is 5.91 Å². The number of carbonyl (C=O) groups is 4. The van der Waals surface area contributed by atoms with E-state index in [0.717, 1.165) is 6.07 Å². The SMILES string of the molecule is COc1cc(O)c2c(c1)C(=O)c1c(O)c3c(c(OC)c1C2=O)C[C@@H](O)c1cc(C)c(C(=O)N[C@H](C)C(=O)O)c(O)c1-3. The van der Waals surface area contributed by atoms with Crippen LogP contribution in [0.2, 0.25) is 0 Å². The summed E-state index contributed by atoms with van der Waals surface area (Å²) in [5, 5.41) is 56.1. The molecule has 1 amide bonds. The highest BCUT2D eigenvalue weighted by molar-refractivity contribution is 6.32. The summed E-state index contributed by atoms with van der Waals surface area (Å²) < 4.78 is 10.7. The molecule has 0 bridgehead atoms. The zero-order chi connectivity index (χ0) is 30.1. The van der Waals surface area contributed by atoms with Gasteiger partial charge in [-0.2, -0.15) is 0 Å². The lowest BCUT2D eigenvalue weighted by molar-refractivity contribution is -0.138. The smallest absolute Gasteiger partial charge is 0.325 e. The maximum absolute atomic E-state index is 13.8. The molecule has 0 unspecified atom stereocenters. The second kappa shape index (κ2) is 9.52. The van der Waals surface area contributed by atoms with Crippen molar-refractivity contribution in [2.45, 2.75) is 32.4 Å². The number of aliphatic hydroxyl groups excluding tert-OH is 1. The Labute approximate surface area is 232 Å². The molecule has 0 spiro atoms. The molecule has 12 heteroatoms. The van der Waals surface area contributed by atoms with Crippen molar-refractivity contribution >= 4 is 23.4 Å². The number of aryl methyl sites for hydroxylation is 1. The number of aliphatic hydroxyl groups is 1. The van der Waals surface area contributed by atoms with Crippen LogP contribution in [-0.4, -0.2) is 69.2 Å². The quantitative estimate of drug-likeness (QED) is 0.208. The van der Waals surface area contributed by atoms with E-state index in [1.165, 1.54) is 40.2 Å². The van der Waals surface area contributed by atoms with Gasteiger partial charge < -0.3 is 40.3 Å².